The third-order valence-electron chi connectivity index (χ3n) is 0.909. The number of hydrogen-bond acceptors (Lipinski definition) is 3. The lowest BCUT2D eigenvalue weighted by Crippen LogP contribution is -2.03. The van der Waals surface area contributed by atoms with Crippen molar-refractivity contribution < 1.29 is 9.53 Å². The third kappa shape index (κ3) is 2.91. The van der Waals surface area contributed by atoms with Gasteiger partial charge in [0.15, 0.2) is 0 Å². The van der Waals surface area contributed by atoms with E-state index in [0.717, 1.165) is 0 Å². The van der Waals surface area contributed by atoms with Crippen LogP contribution in [0.4, 0.5) is 0 Å². The van der Waals surface area contributed by atoms with Crippen molar-refractivity contribution in [1.29, 1.82) is 0 Å². The predicted molar refractivity (Wildman–Crippen MR) is 39.1 cm³/mol. The molecule has 0 aromatic carbocycles. The van der Waals surface area contributed by atoms with Gasteiger partial charge in [-0.2, -0.15) is 0 Å². The lowest BCUT2D eigenvalue weighted by atomic mass is 10.2. The molecule has 0 saturated heterocycles. The summed E-state index contributed by atoms with van der Waals surface area (Å²) in [6, 6.07) is 0. The first-order valence-electron chi connectivity index (χ1n) is 2.79. The first-order chi connectivity index (χ1) is 4.57. The molecule has 0 atom stereocenters. The van der Waals surface area contributed by atoms with Gasteiger partial charge in [-0.25, -0.2) is 4.79 Å². The zero-order valence-electron chi connectivity index (χ0n) is 6.18. The van der Waals surface area contributed by atoms with E-state index in [2.05, 4.69) is 11.3 Å². The van der Waals surface area contributed by atoms with Crippen molar-refractivity contribution in [1.82, 2.24) is 0 Å². The summed E-state index contributed by atoms with van der Waals surface area (Å²) in [5, 5.41) is 0. The first kappa shape index (κ1) is 8.75. The number of esters is 1. The van der Waals surface area contributed by atoms with Gasteiger partial charge in [-0.3, -0.25) is 0 Å². The van der Waals surface area contributed by atoms with Crippen LogP contribution in [-0.2, 0) is 9.53 Å². The maximum absolute atomic E-state index is 10.7. The Morgan fingerprint density at radius 2 is 2.20 bits per heavy atom. The average Bonchev–Trinajstić information content (AvgIpc) is 1.85. The van der Waals surface area contributed by atoms with Crippen molar-refractivity contribution >= 4 is 5.97 Å². The Balaban J connectivity index is 4.19. The van der Waals surface area contributed by atoms with E-state index >= 15 is 0 Å². The highest BCUT2D eigenvalue weighted by Gasteiger charge is 2.00. The molecule has 0 aliphatic rings. The summed E-state index contributed by atoms with van der Waals surface area (Å²) in [6.45, 7) is 5.02. The van der Waals surface area contributed by atoms with Crippen LogP contribution >= 0.6 is 0 Å². The first-order valence-corrected chi connectivity index (χ1v) is 2.79. The smallest absolute Gasteiger partial charge is 0.333 e. The molecular weight excluding hydrogens is 130 g/mol. The third-order valence-corrected chi connectivity index (χ3v) is 0.909. The van der Waals surface area contributed by atoms with E-state index < -0.39 is 0 Å². The van der Waals surface area contributed by atoms with Crippen LogP contribution in [0.5, 0.6) is 0 Å². The van der Waals surface area contributed by atoms with E-state index in [1.54, 1.807) is 6.92 Å². The minimum atomic E-state index is -0.383. The summed E-state index contributed by atoms with van der Waals surface area (Å²) in [7, 11) is 1.32. The SMILES string of the molecule is C=C(N)/C=C(\C)C(=O)OC. The second-order valence-corrected chi connectivity index (χ2v) is 1.89. The molecule has 0 aliphatic heterocycles. The van der Waals surface area contributed by atoms with Gasteiger partial charge in [-0.15, -0.1) is 0 Å². The van der Waals surface area contributed by atoms with E-state index in [4.69, 9.17) is 5.73 Å². The van der Waals surface area contributed by atoms with Gasteiger partial charge in [-0.05, 0) is 13.0 Å². The second kappa shape index (κ2) is 3.71. The van der Waals surface area contributed by atoms with Crippen molar-refractivity contribution in [2.24, 2.45) is 5.73 Å². The van der Waals surface area contributed by atoms with E-state index in [0.29, 0.717) is 11.3 Å². The van der Waals surface area contributed by atoms with Crippen molar-refractivity contribution in [3.8, 4) is 0 Å². The molecule has 0 radical (unpaired) electrons. The molecule has 56 valence electrons. The molecule has 0 bridgehead atoms. The standard InChI is InChI=1S/C7H11NO2/c1-5(4-6(2)8)7(9)10-3/h4H,2,8H2,1,3H3/b5-4+. The number of ether oxygens (including phenoxy) is 1. The number of hydrogen-bond donors (Lipinski definition) is 1. The molecule has 3 heteroatoms. The lowest BCUT2D eigenvalue weighted by Gasteiger charge is -1.96. The average molecular weight is 141 g/mol. The van der Waals surface area contributed by atoms with Gasteiger partial charge in [0.05, 0.1) is 7.11 Å². The van der Waals surface area contributed by atoms with Crippen LogP contribution in [0.3, 0.4) is 0 Å². The molecule has 0 heterocycles. The molecule has 0 saturated carbocycles. The van der Waals surface area contributed by atoms with Gasteiger partial charge in [0.25, 0.3) is 0 Å². The molecule has 0 amide bonds. The molecule has 0 fully saturated rings. The van der Waals surface area contributed by atoms with Crippen LogP contribution < -0.4 is 5.73 Å². The van der Waals surface area contributed by atoms with Gasteiger partial charge in [0, 0.05) is 11.3 Å². The number of methoxy groups -OCH3 is 1. The zero-order valence-corrected chi connectivity index (χ0v) is 6.18. The Morgan fingerprint density at radius 3 is 2.50 bits per heavy atom. The quantitative estimate of drug-likeness (QED) is 0.347. The van der Waals surface area contributed by atoms with Crippen LogP contribution in [0.1, 0.15) is 6.92 Å². The monoisotopic (exact) mass is 141 g/mol. The minimum Gasteiger partial charge on any atom is -0.466 e. The molecular formula is C7H11NO2. The minimum absolute atomic E-state index is 0.350. The van der Waals surface area contributed by atoms with E-state index in [9.17, 15) is 4.79 Å². The summed E-state index contributed by atoms with van der Waals surface area (Å²) in [5.74, 6) is -0.383. The number of rotatable bonds is 2. The van der Waals surface area contributed by atoms with E-state index in [-0.39, 0.29) is 5.97 Å². The van der Waals surface area contributed by atoms with Crippen LogP contribution in [-0.4, -0.2) is 13.1 Å². The van der Waals surface area contributed by atoms with Gasteiger partial charge < -0.3 is 10.5 Å². The van der Waals surface area contributed by atoms with Crippen LogP contribution in [0, 0.1) is 0 Å². The second-order valence-electron chi connectivity index (χ2n) is 1.89. The Labute approximate surface area is 60.2 Å². The van der Waals surface area contributed by atoms with Crippen LogP contribution in [0.25, 0.3) is 0 Å². The maximum atomic E-state index is 10.7. The molecule has 10 heavy (non-hydrogen) atoms. The Hall–Kier alpha value is -1.25. The van der Waals surface area contributed by atoms with Crippen LogP contribution in [0.15, 0.2) is 23.9 Å². The molecule has 0 spiro atoms. The predicted octanol–water partition coefficient (Wildman–Crippen LogP) is 0.578. The zero-order chi connectivity index (χ0) is 8.15. The fourth-order valence-electron chi connectivity index (χ4n) is 0.498. The maximum Gasteiger partial charge on any atom is 0.333 e. The highest BCUT2D eigenvalue weighted by Crippen LogP contribution is 1.96. The number of nitrogens with two attached hydrogens (primary N) is 1. The van der Waals surface area contributed by atoms with E-state index in [1.807, 2.05) is 0 Å². The summed E-state index contributed by atoms with van der Waals surface area (Å²) < 4.78 is 4.41. The van der Waals surface area contributed by atoms with Gasteiger partial charge in [0.2, 0.25) is 0 Å². The van der Waals surface area contributed by atoms with Gasteiger partial charge in [-0.1, -0.05) is 6.58 Å². The topological polar surface area (TPSA) is 52.3 Å². The molecule has 0 aromatic rings. The molecule has 0 rings (SSSR count). The number of carbonyl (C=O) groups excluding carboxylic acids is 1. The summed E-state index contributed by atoms with van der Waals surface area (Å²) >= 11 is 0. The largest absolute Gasteiger partial charge is 0.466 e. The Bertz CT molecular complexity index is 182. The fraction of sp³-hybridized carbons (Fsp3) is 0.286. The van der Waals surface area contributed by atoms with Crippen molar-refractivity contribution in [3.05, 3.63) is 23.9 Å². The summed E-state index contributed by atoms with van der Waals surface area (Å²) in [6.07, 6.45) is 1.46. The normalized spacial score (nSPS) is 10.8. The van der Waals surface area contributed by atoms with Crippen molar-refractivity contribution in [3.63, 3.8) is 0 Å². The van der Waals surface area contributed by atoms with Crippen molar-refractivity contribution in [2.45, 2.75) is 6.92 Å². The Morgan fingerprint density at radius 1 is 1.70 bits per heavy atom. The highest BCUT2D eigenvalue weighted by molar-refractivity contribution is 5.88. The molecule has 0 unspecified atom stereocenters. The lowest BCUT2D eigenvalue weighted by molar-refractivity contribution is -0.136. The Kier molecular flexibility index (Phi) is 3.25. The van der Waals surface area contributed by atoms with E-state index in [1.165, 1.54) is 13.2 Å². The summed E-state index contributed by atoms with van der Waals surface area (Å²) in [4.78, 5) is 10.7. The molecule has 2 N–H and O–H groups in total. The highest BCUT2D eigenvalue weighted by atomic mass is 16.5. The molecule has 0 aliphatic carbocycles. The van der Waals surface area contributed by atoms with Gasteiger partial charge in [0.1, 0.15) is 0 Å². The number of allylic oxidation sites excluding steroid dienone is 1. The van der Waals surface area contributed by atoms with Crippen LogP contribution in [0.2, 0.25) is 0 Å². The molecule has 3 nitrogen and oxygen atoms in total. The molecule has 0 aromatic heterocycles. The van der Waals surface area contributed by atoms with Gasteiger partial charge >= 0.3 is 5.97 Å². The summed E-state index contributed by atoms with van der Waals surface area (Å²) in [5.41, 5.74) is 6.01. The fourth-order valence-corrected chi connectivity index (χ4v) is 0.498. The number of carbonyl (C=O) groups is 1. The van der Waals surface area contributed by atoms with Crippen molar-refractivity contribution in [2.75, 3.05) is 7.11 Å².